The number of halogens is 2. The highest BCUT2D eigenvalue weighted by Gasteiger charge is 2.07. The second kappa shape index (κ2) is 4.70. The van der Waals surface area contributed by atoms with E-state index in [1.165, 1.54) is 0 Å². The average Bonchev–Trinajstić information content (AvgIpc) is 1.94. The molecule has 0 aliphatic carbocycles. The first-order valence-corrected chi connectivity index (χ1v) is 4.15. The SMILES string of the molecule is C[C@H](N)c1cccc(Br)c1O.Cl. The van der Waals surface area contributed by atoms with Crippen molar-refractivity contribution >= 4 is 28.3 Å². The van der Waals surface area contributed by atoms with Gasteiger partial charge in [-0.3, -0.25) is 0 Å². The Morgan fingerprint density at radius 3 is 2.50 bits per heavy atom. The number of para-hydroxylation sites is 1. The zero-order valence-corrected chi connectivity index (χ0v) is 9.02. The molecule has 0 spiro atoms. The van der Waals surface area contributed by atoms with E-state index >= 15 is 0 Å². The second-order valence-electron chi connectivity index (χ2n) is 2.47. The lowest BCUT2D eigenvalue weighted by molar-refractivity contribution is 0.460. The lowest BCUT2D eigenvalue weighted by Gasteiger charge is -2.08. The molecule has 0 radical (unpaired) electrons. The van der Waals surface area contributed by atoms with E-state index in [0.717, 1.165) is 5.56 Å². The van der Waals surface area contributed by atoms with Gasteiger partial charge in [-0.05, 0) is 28.9 Å². The lowest BCUT2D eigenvalue weighted by Crippen LogP contribution is -2.04. The quantitative estimate of drug-likeness (QED) is 0.807. The molecule has 0 bridgehead atoms. The molecule has 3 N–H and O–H groups in total. The van der Waals surface area contributed by atoms with E-state index in [0.29, 0.717) is 4.47 Å². The molecule has 12 heavy (non-hydrogen) atoms. The summed E-state index contributed by atoms with van der Waals surface area (Å²) in [5.41, 5.74) is 6.37. The van der Waals surface area contributed by atoms with Crippen molar-refractivity contribution in [3.63, 3.8) is 0 Å². The van der Waals surface area contributed by atoms with E-state index in [1.807, 2.05) is 19.1 Å². The van der Waals surface area contributed by atoms with E-state index in [1.54, 1.807) is 6.07 Å². The van der Waals surface area contributed by atoms with E-state index in [9.17, 15) is 5.11 Å². The van der Waals surface area contributed by atoms with Gasteiger partial charge in [-0.1, -0.05) is 12.1 Å². The molecule has 0 heterocycles. The first-order valence-electron chi connectivity index (χ1n) is 3.36. The van der Waals surface area contributed by atoms with Crippen LogP contribution < -0.4 is 5.73 Å². The van der Waals surface area contributed by atoms with Gasteiger partial charge in [0.15, 0.2) is 0 Å². The average molecular weight is 253 g/mol. The zero-order valence-electron chi connectivity index (χ0n) is 6.62. The van der Waals surface area contributed by atoms with Crippen LogP contribution in [-0.2, 0) is 0 Å². The monoisotopic (exact) mass is 251 g/mol. The number of phenols is 1. The number of rotatable bonds is 1. The van der Waals surface area contributed by atoms with E-state index in [2.05, 4.69) is 15.9 Å². The van der Waals surface area contributed by atoms with E-state index in [-0.39, 0.29) is 24.2 Å². The van der Waals surface area contributed by atoms with Crippen molar-refractivity contribution < 1.29 is 5.11 Å². The van der Waals surface area contributed by atoms with Crippen molar-refractivity contribution in [3.05, 3.63) is 28.2 Å². The smallest absolute Gasteiger partial charge is 0.134 e. The van der Waals surface area contributed by atoms with E-state index in [4.69, 9.17) is 5.73 Å². The summed E-state index contributed by atoms with van der Waals surface area (Å²) in [6.07, 6.45) is 0. The van der Waals surface area contributed by atoms with Gasteiger partial charge in [-0.15, -0.1) is 12.4 Å². The second-order valence-corrected chi connectivity index (χ2v) is 3.32. The van der Waals surface area contributed by atoms with Gasteiger partial charge in [0, 0.05) is 11.6 Å². The summed E-state index contributed by atoms with van der Waals surface area (Å²) >= 11 is 3.21. The van der Waals surface area contributed by atoms with Crippen LogP contribution in [0.4, 0.5) is 0 Å². The molecule has 0 saturated heterocycles. The summed E-state index contributed by atoms with van der Waals surface area (Å²) in [5, 5.41) is 9.44. The predicted octanol–water partition coefficient (Wildman–Crippen LogP) is 2.60. The molecule has 1 atom stereocenters. The highest BCUT2D eigenvalue weighted by molar-refractivity contribution is 9.10. The molecule has 1 rings (SSSR count). The minimum Gasteiger partial charge on any atom is -0.506 e. The maximum absolute atomic E-state index is 9.44. The summed E-state index contributed by atoms with van der Waals surface area (Å²) in [7, 11) is 0. The van der Waals surface area contributed by atoms with Crippen molar-refractivity contribution in [1.82, 2.24) is 0 Å². The highest BCUT2D eigenvalue weighted by atomic mass is 79.9. The lowest BCUT2D eigenvalue weighted by atomic mass is 10.1. The minimum absolute atomic E-state index is 0. The highest BCUT2D eigenvalue weighted by Crippen LogP contribution is 2.30. The Morgan fingerprint density at radius 1 is 1.50 bits per heavy atom. The molecular formula is C8H11BrClNO. The van der Waals surface area contributed by atoms with Gasteiger partial charge in [-0.2, -0.15) is 0 Å². The van der Waals surface area contributed by atoms with Crippen LogP contribution in [0.1, 0.15) is 18.5 Å². The Kier molecular flexibility index (Phi) is 4.60. The zero-order chi connectivity index (χ0) is 8.43. The summed E-state index contributed by atoms with van der Waals surface area (Å²) < 4.78 is 0.687. The van der Waals surface area contributed by atoms with Crippen molar-refractivity contribution in [1.29, 1.82) is 0 Å². The van der Waals surface area contributed by atoms with Crippen LogP contribution in [0.25, 0.3) is 0 Å². The van der Waals surface area contributed by atoms with Crippen molar-refractivity contribution in [2.75, 3.05) is 0 Å². The molecule has 0 fully saturated rings. The van der Waals surface area contributed by atoms with Crippen LogP contribution in [0.5, 0.6) is 5.75 Å². The Hall–Kier alpha value is -0.250. The third kappa shape index (κ3) is 2.37. The van der Waals surface area contributed by atoms with Crippen molar-refractivity contribution in [2.45, 2.75) is 13.0 Å². The fourth-order valence-corrected chi connectivity index (χ4v) is 1.28. The molecule has 0 aromatic heterocycles. The maximum Gasteiger partial charge on any atom is 0.134 e. The minimum atomic E-state index is -0.132. The number of hydrogen-bond acceptors (Lipinski definition) is 2. The fraction of sp³-hybridized carbons (Fsp3) is 0.250. The Morgan fingerprint density at radius 2 is 2.08 bits per heavy atom. The van der Waals surface area contributed by atoms with Gasteiger partial charge >= 0.3 is 0 Å². The largest absolute Gasteiger partial charge is 0.506 e. The first kappa shape index (κ1) is 11.8. The molecule has 4 heteroatoms. The van der Waals surface area contributed by atoms with Crippen LogP contribution in [-0.4, -0.2) is 5.11 Å². The molecule has 1 aromatic rings. The molecule has 68 valence electrons. The fourth-order valence-electron chi connectivity index (χ4n) is 0.899. The van der Waals surface area contributed by atoms with Gasteiger partial charge in [0.25, 0.3) is 0 Å². The first-order chi connectivity index (χ1) is 5.13. The molecule has 0 unspecified atom stereocenters. The Labute approximate surface area is 86.3 Å². The summed E-state index contributed by atoms with van der Waals surface area (Å²) in [6.45, 7) is 1.83. The molecule has 0 saturated carbocycles. The van der Waals surface area contributed by atoms with Gasteiger partial charge in [0.05, 0.1) is 4.47 Å². The number of nitrogens with two attached hydrogens (primary N) is 1. The number of benzene rings is 1. The normalized spacial score (nSPS) is 11.9. The summed E-state index contributed by atoms with van der Waals surface area (Å²) in [4.78, 5) is 0. The Balaban J connectivity index is 0.00000121. The van der Waals surface area contributed by atoms with Crippen molar-refractivity contribution in [2.24, 2.45) is 5.73 Å². The Bertz CT molecular complexity index is 265. The van der Waals surface area contributed by atoms with Crippen LogP contribution >= 0.6 is 28.3 Å². The van der Waals surface area contributed by atoms with E-state index < -0.39 is 0 Å². The molecule has 1 aromatic carbocycles. The van der Waals surface area contributed by atoms with Gasteiger partial charge in [0.2, 0.25) is 0 Å². The molecule has 2 nitrogen and oxygen atoms in total. The number of aromatic hydroxyl groups is 1. The molecule has 0 amide bonds. The molecule has 0 aliphatic rings. The number of hydrogen-bond donors (Lipinski definition) is 2. The van der Waals surface area contributed by atoms with Crippen LogP contribution in [0.3, 0.4) is 0 Å². The van der Waals surface area contributed by atoms with Crippen LogP contribution in [0.2, 0.25) is 0 Å². The molecule has 0 aliphatic heterocycles. The summed E-state index contributed by atoms with van der Waals surface area (Å²) in [6, 6.07) is 5.31. The van der Waals surface area contributed by atoms with Crippen molar-refractivity contribution in [3.8, 4) is 5.75 Å². The van der Waals surface area contributed by atoms with Gasteiger partial charge in [-0.25, -0.2) is 0 Å². The molecular weight excluding hydrogens is 241 g/mol. The third-order valence-corrected chi connectivity index (χ3v) is 2.15. The van der Waals surface area contributed by atoms with Gasteiger partial charge < -0.3 is 10.8 Å². The predicted molar refractivity (Wildman–Crippen MR) is 55.7 cm³/mol. The van der Waals surface area contributed by atoms with Crippen LogP contribution in [0, 0.1) is 0 Å². The maximum atomic E-state index is 9.44. The standard InChI is InChI=1S/C8H10BrNO.ClH/c1-5(10)6-3-2-4-7(9)8(6)11;/h2-5,11H,10H2,1H3;1H/t5-;/m0./s1. The summed E-state index contributed by atoms with van der Waals surface area (Å²) in [5.74, 6) is 0.238. The third-order valence-electron chi connectivity index (χ3n) is 1.51. The number of phenolic OH excluding ortho intramolecular Hbond substituents is 1. The topological polar surface area (TPSA) is 46.2 Å². The van der Waals surface area contributed by atoms with Crippen LogP contribution in [0.15, 0.2) is 22.7 Å². The van der Waals surface area contributed by atoms with Gasteiger partial charge in [0.1, 0.15) is 5.75 Å².